The van der Waals surface area contributed by atoms with E-state index in [9.17, 15) is 13.2 Å². The van der Waals surface area contributed by atoms with Crippen molar-refractivity contribution >= 4 is 39.0 Å². The molecule has 14 heteroatoms. The Bertz CT molecular complexity index is 1550. The summed E-state index contributed by atoms with van der Waals surface area (Å²) in [5.41, 5.74) is 3.27. The summed E-state index contributed by atoms with van der Waals surface area (Å²) in [7, 11) is -4.64. The Morgan fingerprint density at radius 3 is 2.05 bits per heavy atom. The first-order valence-electron chi connectivity index (χ1n) is 12.1. The summed E-state index contributed by atoms with van der Waals surface area (Å²) in [6, 6.07) is 21.1. The van der Waals surface area contributed by atoms with Crippen LogP contribution in [0.25, 0.3) is 0 Å². The van der Waals surface area contributed by atoms with Crippen molar-refractivity contribution in [3.63, 3.8) is 0 Å². The van der Waals surface area contributed by atoms with E-state index in [2.05, 4.69) is 9.18 Å². The van der Waals surface area contributed by atoms with Crippen LogP contribution in [-0.4, -0.2) is 67.6 Å². The molecule has 5 rings (SSSR count). The van der Waals surface area contributed by atoms with Gasteiger partial charge in [-0.2, -0.15) is 8.42 Å². The lowest BCUT2D eigenvalue weighted by Gasteiger charge is -2.25. The molecule has 3 aromatic rings. The maximum absolute atomic E-state index is 13.5. The van der Waals surface area contributed by atoms with Gasteiger partial charge in [0.25, 0.3) is 17.1 Å². The van der Waals surface area contributed by atoms with E-state index < -0.39 is 27.6 Å². The van der Waals surface area contributed by atoms with Crippen LogP contribution in [0.2, 0.25) is 0 Å². The molecule has 5 N–H and O–H groups in total. The van der Waals surface area contributed by atoms with Gasteiger partial charge in [0, 0.05) is 18.4 Å². The van der Waals surface area contributed by atoms with Gasteiger partial charge in [0.05, 0.1) is 0 Å². The first-order valence-corrected chi connectivity index (χ1v) is 14.8. The molecule has 1 amide bonds. The zero-order valence-electron chi connectivity index (χ0n) is 20.8. The topological polar surface area (TPSA) is 180 Å². The largest absolute Gasteiger partial charge is 0.446 e. The van der Waals surface area contributed by atoms with Gasteiger partial charge in [-0.25, -0.2) is 4.99 Å². The molecular formula is C26H26N3O9S2+. The Balaban J connectivity index is 1.39. The lowest BCUT2D eigenvalue weighted by atomic mass is 10.0. The van der Waals surface area contributed by atoms with Gasteiger partial charge in [-0.1, -0.05) is 42.5 Å². The van der Waals surface area contributed by atoms with E-state index >= 15 is 0 Å². The molecule has 2 aliphatic rings. The fourth-order valence-corrected chi connectivity index (χ4v) is 5.38. The third-order valence-electron chi connectivity index (χ3n) is 6.34. The Kier molecular flexibility index (Phi) is 7.63. The molecule has 0 saturated heterocycles. The third kappa shape index (κ3) is 6.85. The average Bonchev–Trinajstić information content (AvgIpc) is 3.20. The maximum atomic E-state index is 13.5. The van der Waals surface area contributed by atoms with Crippen molar-refractivity contribution in [3.05, 3.63) is 95.6 Å². The van der Waals surface area contributed by atoms with Gasteiger partial charge in [0.1, 0.15) is 24.1 Å². The van der Waals surface area contributed by atoms with Crippen LogP contribution in [0.15, 0.2) is 83.9 Å². The van der Waals surface area contributed by atoms with Gasteiger partial charge in [0.15, 0.2) is 5.84 Å². The molecule has 2 atom stereocenters. The van der Waals surface area contributed by atoms with Crippen LogP contribution in [0, 0.1) is 0 Å². The number of amidine groups is 1. The molecular weight excluding hydrogens is 562 g/mol. The molecule has 2 unspecified atom stereocenters. The van der Waals surface area contributed by atoms with Crippen molar-refractivity contribution in [1.82, 2.24) is 4.90 Å². The minimum Gasteiger partial charge on any atom is -0.383 e. The van der Waals surface area contributed by atoms with Crippen molar-refractivity contribution < 1.29 is 44.8 Å². The molecule has 2 heterocycles. The smallest absolute Gasteiger partial charge is 0.383 e. The number of carbonyl (C=O) groups is 1. The number of benzene rings is 3. The van der Waals surface area contributed by atoms with Gasteiger partial charge >= 0.3 is 10.4 Å². The first-order chi connectivity index (χ1) is 18.9. The highest BCUT2D eigenvalue weighted by Crippen LogP contribution is 2.35. The quantitative estimate of drug-likeness (QED) is 0.233. The van der Waals surface area contributed by atoms with Gasteiger partial charge in [-0.3, -0.25) is 32.9 Å². The SMILES string of the molecule is O=C1C(Cc2ccc(OS(=O)(=O)O)cc2)N=C2C(Cc3ccccc3)[NH+]=C(c3ccc(OS(O)(O)O)cc3)CN12. The lowest BCUT2D eigenvalue weighted by Crippen LogP contribution is -2.88. The van der Waals surface area contributed by atoms with Gasteiger partial charge in [-0.15, -0.1) is 0 Å². The van der Waals surface area contributed by atoms with Crippen LogP contribution in [0.5, 0.6) is 11.5 Å². The summed E-state index contributed by atoms with van der Waals surface area (Å²) in [5, 5.41) is 0. The van der Waals surface area contributed by atoms with Crippen LogP contribution in [-0.2, 0) is 28.0 Å². The molecule has 0 saturated carbocycles. The Labute approximate surface area is 232 Å². The monoisotopic (exact) mass is 588 g/mol. The van der Waals surface area contributed by atoms with Crippen molar-refractivity contribution in [1.29, 1.82) is 0 Å². The second-order valence-electron chi connectivity index (χ2n) is 9.23. The van der Waals surface area contributed by atoms with Crippen LogP contribution >= 0.6 is 11.2 Å². The number of hydrogen-bond donors (Lipinski definition) is 5. The number of carbonyl (C=O) groups excluding carboxylic acids is 1. The van der Waals surface area contributed by atoms with E-state index in [1.165, 1.54) is 24.3 Å². The Morgan fingerprint density at radius 1 is 0.825 bits per heavy atom. The number of hydrogen-bond acceptors (Lipinski definition) is 9. The summed E-state index contributed by atoms with van der Waals surface area (Å²) >= 11 is -4.16. The van der Waals surface area contributed by atoms with E-state index in [0.717, 1.165) is 22.4 Å². The standard InChI is InChI=1S/C26H25N3O9S2/c30-26-23(15-18-6-10-20(11-7-18)37-39(31,32)33)28-25-22(14-17-4-2-1-3-5-17)27-24(16-29(25)26)19-8-12-21(13-9-19)38-40(34,35)36/h1-13,22-23,34-36H,14-16H2,(H,31,32,33)/p+1. The molecule has 2 aliphatic heterocycles. The number of nitrogens with one attached hydrogen (secondary N) is 1. The van der Waals surface area contributed by atoms with Crippen molar-refractivity contribution in [3.8, 4) is 11.5 Å². The Morgan fingerprint density at radius 2 is 1.43 bits per heavy atom. The van der Waals surface area contributed by atoms with Gasteiger partial charge < -0.3 is 8.37 Å². The summed E-state index contributed by atoms with van der Waals surface area (Å²) in [6.07, 6.45) is 0.839. The van der Waals surface area contributed by atoms with E-state index in [-0.39, 0.29) is 36.4 Å². The third-order valence-corrected chi connectivity index (χ3v) is 7.16. The van der Waals surface area contributed by atoms with E-state index in [4.69, 9.17) is 27.4 Å². The lowest BCUT2D eigenvalue weighted by molar-refractivity contribution is -0.486. The van der Waals surface area contributed by atoms with Crippen molar-refractivity contribution in [2.45, 2.75) is 24.9 Å². The molecule has 3 aromatic carbocycles. The molecule has 0 radical (unpaired) electrons. The molecule has 0 fully saturated rings. The van der Waals surface area contributed by atoms with E-state index in [1.54, 1.807) is 29.2 Å². The first kappa shape index (κ1) is 27.8. The predicted octanol–water partition coefficient (Wildman–Crippen LogP) is 1.73. The fraction of sp³-hybridized carbons (Fsp3) is 0.192. The molecule has 0 aliphatic carbocycles. The molecule has 12 nitrogen and oxygen atoms in total. The van der Waals surface area contributed by atoms with Crippen LogP contribution < -0.4 is 13.4 Å². The van der Waals surface area contributed by atoms with Gasteiger partial charge in [-0.05, 0) is 47.5 Å². The second-order valence-corrected chi connectivity index (χ2v) is 11.4. The number of aliphatic imine (C=N–C) groups is 1. The minimum absolute atomic E-state index is 0.0559. The van der Waals surface area contributed by atoms with Crippen molar-refractivity contribution in [2.75, 3.05) is 6.54 Å². The summed E-state index contributed by atoms with van der Waals surface area (Å²) in [5.74, 6) is 0.443. The zero-order valence-corrected chi connectivity index (χ0v) is 22.5. The Hall–Kier alpha value is -3.79. The van der Waals surface area contributed by atoms with E-state index in [0.29, 0.717) is 12.3 Å². The van der Waals surface area contributed by atoms with E-state index in [1.807, 2.05) is 30.3 Å². The molecule has 0 spiro atoms. The highest BCUT2D eigenvalue weighted by Gasteiger charge is 2.44. The highest BCUT2D eigenvalue weighted by atomic mass is 32.3. The van der Waals surface area contributed by atoms with Gasteiger partial charge in [0.2, 0.25) is 11.8 Å². The number of fused-ring (bicyclic) bond motifs is 1. The molecule has 0 bridgehead atoms. The highest BCUT2D eigenvalue weighted by molar-refractivity contribution is 8.15. The normalized spacial score (nSPS) is 19.5. The van der Waals surface area contributed by atoms with Crippen molar-refractivity contribution in [2.24, 2.45) is 4.99 Å². The van der Waals surface area contributed by atoms with Crippen LogP contribution in [0.1, 0.15) is 16.7 Å². The summed E-state index contributed by atoms with van der Waals surface area (Å²) in [4.78, 5) is 23.4. The maximum Gasteiger partial charge on any atom is 0.446 e. The second kappa shape index (κ2) is 11.0. The fourth-order valence-electron chi connectivity index (χ4n) is 4.66. The molecule has 0 aromatic heterocycles. The minimum atomic E-state index is -4.64. The number of nitrogens with zero attached hydrogens (tertiary/aromatic N) is 2. The zero-order chi connectivity index (χ0) is 28.5. The number of rotatable bonds is 9. The average molecular weight is 589 g/mol. The molecule has 210 valence electrons. The summed E-state index contributed by atoms with van der Waals surface area (Å²) < 4.78 is 67.3. The number of amides is 1. The predicted molar refractivity (Wildman–Crippen MR) is 147 cm³/mol. The van der Waals surface area contributed by atoms with Crippen LogP contribution in [0.4, 0.5) is 0 Å². The van der Waals surface area contributed by atoms with Crippen LogP contribution in [0.3, 0.4) is 0 Å². The summed E-state index contributed by atoms with van der Waals surface area (Å²) in [6.45, 7) is 0.232. The molecule has 40 heavy (non-hydrogen) atoms.